The molecule has 0 aliphatic rings. The molecule has 0 unspecified atom stereocenters. The van der Waals surface area contributed by atoms with Gasteiger partial charge in [-0.15, -0.1) is 5.10 Å². The monoisotopic (exact) mass is 323 g/mol. The number of hydrogen-bond donors (Lipinski definition) is 0. The Labute approximate surface area is 99.3 Å². The summed E-state index contributed by atoms with van der Waals surface area (Å²) in [5, 5.41) is 4.01. The first kappa shape index (κ1) is 11.8. The Morgan fingerprint density at radius 3 is 2.57 bits per heavy atom. The normalized spacial score (nSPS) is 10.9. The molecular formula is C8H11Br2N3O. The average Bonchev–Trinajstić information content (AvgIpc) is 2.28. The van der Waals surface area contributed by atoms with Crippen LogP contribution in [-0.2, 0) is 11.3 Å². The molecule has 0 atom stereocenters. The minimum absolute atomic E-state index is 0.165. The number of ketones is 1. The van der Waals surface area contributed by atoms with E-state index < -0.39 is 0 Å². The van der Waals surface area contributed by atoms with Gasteiger partial charge in [0, 0.05) is 6.42 Å². The second-order valence-electron chi connectivity index (χ2n) is 3.44. The van der Waals surface area contributed by atoms with Gasteiger partial charge in [-0.05, 0) is 37.8 Å². The molecule has 78 valence electrons. The predicted octanol–water partition coefficient (Wildman–Crippen LogP) is 2.42. The van der Waals surface area contributed by atoms with Crippen LogP contribution in [0.3, 0.4) is 0 Å². The van der Waals surface area contributed by atoms with E-state index in [-0.39, 0.29) is 12.3 Å². The van der Waals surface area contributed by atoms with Gasteiger partial charge in [0.05, 0.1) is 0 Å². The molecule has 0 N–H and O–H groups in total. The SMILES string of the molecule is CC(C)CC(=O)Cn1nc(Br)nc1Br. The third-order valence-electron chi connectivity index (χ3n) is 1.56. The summed E-state index contributed by atoms with van der Waals surface area (Å²) in [6.45, 7) is 4.31. The first-order chi connectivity index (χ1) is 6.49. The lowest BCUT2D eigenvalue weighted by molar-refractivity contribution is -0.120. The van der Waals surface area contributed by atoms with Crippen LogP contribution in [0.2, 0.25) is 0 Å². The van der Waals surface area contributed by atoms with Crippen molar-refractivity contribution in [1.29, 1.82) is 0 Å². The zero-order chi connectivity index (χ0) is 10.7. The molecule has 0 saturated heterocycles. The Morgan fingerprint density at radius 1 is 1.50 bits per heavy atom. The molecule has 0 spiro atoms. The molecule has 0 amide bonds. The van der Waals surface area contributed by atoms with Gasteiger partial charge in [-0.25, -0.2) is 4.68 Å². The van der Waals surface area contributed by atoms with Gasteiger partial charge < -0.3 is 0 Å². The number of nitrogens with zero attached hydrogens (tertiary/aromatic N) is 3. The van der Waals surface area contributed by atoms with E-state index in [1.165, 1.54) is 4.68 Å². The Balaban J connectivity index is 2.60. The number of Topliss-reactive ketones (excluding diaryl/α,β-unsaturated/α-hetero) is 1. The van der Waals surface area contributed by atoms with E-state index in [1.54, 1.807) is 0 Å². The third-order valence-corrected chi connectivity index (χ3v) is 2.49. The van der Waals surface area contributed by atoms with Crippen molar-refractivity contribution in [3.8, 4) is 0 Å². The van der Waals surface area contributed by atoms with Crippen molar-refractivity contribution in [2.45, 2.75) is 26.8 Å². The van der Waals surface area contributed by atoms with Crippen LogP contribution in [0.15, 0.2) is 9.47 Å². The second kappa shape index (κ2) is 5.02. The van der Waals surface area contributed by atoms with Crippen LogP contribution in [0.4, 0.5) is 0 Å². The molecule has 0 aromatic carbocycles. The minimum Gasteiger partial charge on any atom is -0.298 e. The summed E-state index contributed by atoms with van der Waals surface area (Å²) in [7, 11) is 0. The van der Waals surface area contributed by atoms with Gasteiger partial charge in [0.1, 0.15) is 6.54 Å². The first-order valence-electron chi connectivity index (χ1n) is 4.26. The van der Waals surface area contributed by atoms with E-state index in [2.05, 4.69) is 41.9 Å². The van der Waals surface area contributed by atoms with E-state index in [9.17, 15) is 4.79 Å². The molecule has 1 rings (SSSR count). The molecule has 14 heavy (non-hydrogen) atoms. The molecule has 6 heteroatoms. The molecule has 1 aromatic heterocycles. The van der Waals surface area contributed by atoms with E-state index in [1.807, 2.05) is 13.8 Å². The smallest absolute Gasteiger partial charge is 0.218 e. The number of halogens is 2. The van der Waals surface area contributed by atoms with Crippen molar-refractivity contribution >= 4 is 37.6 Å². The van der Waals surface area contributed by atoms with Crippen molar-refractivity contribution in [3.05, 3.63) is 9.47 Å². The zero-order valence-electron chi connectivity index (χ0n) is 8.00. The summed E-state index contributed by atoms with van der Waals surface area (Å²) in [5.74, 6) is 0.548. The molecule has 0 aliphatic carbocycles. The summed E-state index contributed by atoms with van der Waals surface area (Å²) >= 11 is 6.36. The third kappa shape index (κ3) is 3.49. The van der Waals surface area contributed by atoms with Crippen LogP contribution in [0.25, 0.3) is 0 Å². The maximum absolute atomic E-state index is 11.5. The van der Waals surface area contributed by atoms with Crippen LogP contribution >= 0.6 is 31.9 Å². The van der Waals surface area contributed by atoms with E-state index >= 15 is 0 Å². The van der Waals surface area contributed by atoms with Gasteiger partial charge in [0.2, 0.25) is 4.73 Å². The molecular weight excluding hydrogens is 314 g/mol. The van der Waals surface area contributed by atoms with Crippen LogP contribution in [0, 0.1) is 5.92 Å². The Hall–Kier alpha value is -0.230. The van der Waals surface area contributed by atoms with E-state index in [0.717, 1.165) is 0 Å². The molecule has 0 aliphatic heterocycles. The van der Waals surface area contributed by atoms with Crippen LogP contribution in [-0.4, -0.2) is 20.5 Å². The molecule has 4 nitrogen and oxygen atoms in total. The van der Waals surface area contributed by atoms with Gasteiger partial charge in [0.25, 0.3) is 0 Å². The van der Waals surface area contributed by atoms with Crippen molar-refractivity contribution in [3.63, 3.8) is 0 Å². The Morgan fingerprint density at radius 2 is 2.14 bits per heavy atom. The fourth-order valence-corrected chi connectivity index (χ4v) is 2.05. The number of carbonyl (C=O) groups excluding carboxylic acids is 1. The standard InChI is InChI=1S/C8H11Br2N3O/c1-5(2)3-6(14)4-13-8(10)11-7(9)12-13/h5H,3-4H2,1-2H3. The molecule has 0 fully saturated rings. The number of rotatable bonds is 4. The zero-order valence-corrected chi connectivity index (χ0v) is 11.2. The number of carbonyl (C=O) groups is 1. The summed E-state index contributed by atoms with van der Waals surface area (Å²) in [6, 6.07) is 0. The lowest BCUT2D eigenvalue weighted by Gasteiger charge is -2.03. The summed E-state index contributed by atoms with van der Waals surface area (Å²) < 4.78 is 2.60. The van der Waals surface area contributed by atoms with Crippen molar-refractivity contribution in [1.82, 2.24) is 14.8 Å². The summed E-state index contributed by atoms with van der Waals surface area (Å²) in [5.41, 5.74) is 0. The highest BCUT2D eigenvalue weighted by molar-refractivity contribution is 9.11. The molecule has 0 saturated carbocycles. The Bertz CT molecular complexity index is 335. The van der Waals surface area contributed by atoms with Crippen molar-refractivity contribution in [2.75, 3.05) is 0 Å². The maximum atomic E-state index is 11.5. The topological polar surface area (TPSA) is 47.8 Å². The van der Waals surface area contributed by atoms with Gasteiger partial charge in [-0.3, -0.25) is 4.79 Å². The second-order valence-corrected chi connectivity index (χ2v) is 4.86. The highest BCUT2D eigenvalue weighted by atomic mass is 79.9. The molecule has 1 heterocycles. The lowest BCUT2D eigenvalue weighted by atomic mass is 10.1. The lowest BCUT2D eigenvalue weighted by Crippen LogP contribution is -2.13. The summed E-state index contributed by atoms with van der Waals surface area (Å²) in [4.78, 5) is 15.4. The quantitative estimate of drug-likeness (QED) is 0.854. The minimum atomic E-state index is 0.165. The predicted molar refractivity (Wildman–Crippen MR) is 59.9 cm³/mol. The number of hydrogen-bond acceptors (Lipinski definition) is 3. The van der Waals surface area contributed by atoms with Crippen LogP contribution < -0.4 is 0 Å². The highest BCUT2D eigenvalue weighted by Gasteiger charge is 2.10. The van der Waals surface area contributed by atoms with Crippen molar-refractivity contribution in [2.24, 2.45) is 5.92 Å². The summed E-state index contributed by atoms with van der Waals surface area (Å²) in [6.07, 6.45) is 0.573. The molecule has 0 bridgehead atoms. The molecule has 1 aromatic rings. The largest absolute Gasteiger partial charge is 0.298 e. The fraction of sp³-hybridized carbons (Fsp3) is 0.625. The first-order valence-corrected chi connectivity index (χ1v) is 5.85. The molecule has 0 radical (unpaired) electrons. The van der Waals surface area contributed by atoms with Gasteiger partial charge in [0.15, 0.2) is 10.5 Å². The van der Waals surface area contributed by atoms with Gasteiger partial charge in [-0.2, -0.15) is 4.98 Å². The fourth-order valence-electron chi connectivity index (χ4n) is 1.08. The van der Waals surface area contributed by atoms with E-state index in [4.69, 9.17) is 0 Å². The van der Waals surface area contributed by atoms with Crippen LogP contribution in [0.1, 0.15) is 20.3 Å². The van der Waals surface area contributed by atoms with Crippen LogP contribution in [0.5, 0.6) is 0 Å². The Kier molecular flexibility index (Phi) is 4.25. The highest BCUT2D eigenvalue weighted by Crippen LogP contribution is 2.12. The number of aromatic nitrogens is 3. The average molecular weight is 325 g/mol. The van der Waals surface area contributed by atoms with E-state index in [0.29, 0.717) is 21.8 Å². The van der Waals surface area contributed by atoms with Gasteiger partial charge >= 0.3 is 0 Å². The maximum Gasteiger partial charge on any atom is 0.218 e. The van der Waals surface area contributed by atoms with Gasteiger partial charge in [-0.1, -0.05) is 13.8 Å². The van der Waals surface area contributed by atoms with Crippen molar-refractivity contribution < 1.29 is 4.79 Å².